The van der Waals surface area contributed by atoms with Gasteiger partial charge in [-0.2, -0.15) is 0 Å². The zero-order valence-electron chi connectivity index (χ0n) is 23.2. The monoisotopic (exact) mass is 572 g/mol. The van der Waals surface area contributed by atoms with E-state index in [0.29, 0.717) is 56.1 Å². The summed E-state index contributed by atoms with van der Waals surface area (Å²) in [5.41, 5.74) is -0.0683. The van der Waals surface area contributed by atoms with E-state index < -0.39 is 28.7 Å². The highest BCUT2D eigenvalue weighted by Gasteiger charge is 2.59. The molecule has 5 atom stereocenters. The van der Waals surface area contributed by atoms with Gasteiger partial charge in [-0.25, -0.2) is 9.37 Å². The molecule has 40 heavy (non-hydrogen) atoms. The second-order valence-electron chi connectivity index (χ2n) is 11.9. The van der Waals surface area contributed by atoms with E-state index in [1.54, 1.807) is 9.80 Å². The van der Waals surface area contributed by atoms with Gasteiger partial charge in [-0.1, -0.05) is 13.8 Å². The first-order chi connectivity index (χ1) is 19.0. The van der Waals surface area contributed by atoms with Crippen molar-refractivity contribution in [2.24, 2.45) is 16.7 Å². The number of aliphatic hydroxyl groups is 2. The van der Waals surface area contributed by atoms with Crippen LogP contribution in [0.3, 0.4) is 0 Å². The van der Waals surface area contributed by atoms with Gasteiger partial charge in [0.25, 0.3) is 5.91 Å². The van der Waals surface area contributed by atoms with Gasteiger partial charge >= 0.3 is 0 Å². The third-order valence-electron chi connectivity index (χ3n) is 9.68. The van der Waals surface area contributed by atoms with Crippen molar-refractivity contribution in [2.75, 3.05) is 38.1 Å². The Hall–Kier alpha value is -2.89. The van der Waals surface area contributed by atoms with Gasteiger partial charge < -0.3 is 20.0 Å². The fraction of sp³-hybridized carbons (Fsp3) is 0.586. The number of thiazole rings is 1. The molecule has 0 spiro atoms. The molecule has 2 fully saturated rings. The second kappa shape index (κ2) is 10.8. The maximum Gasteiger partial charge on any atom is 0.257 e. The summed E-state index contributed by atoms with van der Waals surface area (Å²) >= 11 is 1.35. The zero-order valence-corrected chi connectivity index (χ0v) is 24.0. The highest BCUT2D eigenvalue weighted by Crippen LogP contribution is 2.63. The topological polar surface area (TPSA) is 123 Å². The number of anilines is 1. The van der Waals surface area contributed by atoms with E-state index in [0.717, 1.165) is 10.6 Å². The number of rotatable bonds is 5. The highest BCUT2D eigenvalue weighted by molar-refractivity contribution is 7.15. The van der Waals surface area contributed by atoms with Crippen molar-refractivity contribution < 1.29 is 29.0 Å². The molecule has 216 valence electrons. The first-order valence-electron chi connectivity index (χ1n) is 13.8. The lowest BCUT2D eigenvalue weighted by Gasteiger charge is -2.58. The van der Waals surface area contributed by atoms with Gasteiger partial charge in [-0.15, -0.1) is 11.3 Å². The minimum atomic E-state index is -0.749. The average molecular weight is 573 g/mol. The number of aliphatic hydroxyl groups excluding tert-OH is 2. The smallest absolute Gasteiger partial charge is 0.257 e. The number of carbonyl (C=O) groups is 3. The highest BCUT2D eigenvalue weighted by atomic mass is 32.1. The summed E-state index contributed by atoms with van der Waals surface area (Å²) in [5, 5.41) is 24.7. The summed E-state index contributed by atoms with van der Waals surface area (Å²) < 4.78 is 13.3. The third-order valence-corrected chi connectivity index (χ3v) is 10.7. The Morgan fingerprint density at radius 2 is 1.77 bits per heavy atom. The van der Waals surface area contributed by atoms with Crippen LogP contribution in [-0.2, 0) is 16.0 Å². The van der Waals surface area contributed by atoms with Crippen molar-refractivity contribution in [3.8, 4) is 0 Å². The van der Waals surface area contributed by atoms with E-state index >= 15 is 0 Å². The number of benzene rings is 1. The van der Waals surface area contributed by atoms with Crippen LogP contribution in [0.2, 0.25) is 0 Å². The Labute approximate surface area is 237 Å². The van der Waals surface area contributed by atoms with Gasteiger partial charge in [-0.05, 0) is 54.9 Å². The van der Waals surface area contributed by atoms with Crippen LogP contribution < -0.4 is 5.32 Å². The predicted octanol–water partition coefficient (Wildman–Crippen LogP) is 3.03. The number of piperazine rings is 1. The number of hydrogen-bond acceptors (Lipinski definition) is 7. The van der Waals surface area contributed by atoms with E-state index in [9.17, 15) is 29.0 Å². The number of nitrogens with one attached hydrogen (secondary N) is 1. The van der Waals surface area contributed by atoms with Crippen molar-refractivity contribution in [3.05, 3.63) is 46.2 Å². The van der Waals surface area contributed by atoms with E-state index in [-0.39, 0.29) is 36.7 Å². The second-order valence-corrected chi connectivity index (χ2v) is 13.0. The fourth-order valence-corrected chi connectivity index (χ4v) is 8.11. The lowest BCUT2D eigenvalue weighted by Crippen LogP contribution is -2.58. The van der Waals surface area contributed by atoms with Crippen molar-refractivity contribution in [1.29, 1.82) is 0 Å². The van der Waals surface area contributed by atoms with E-state index in [4.69, 9.17) is 4.98 Å². The maximum absolute atomic E-state index is 13.7. The van der Waals surface area contributed by atoms with E-state index in [2.05, 4.69) is 12.2 Å². The Morgan fingerprint density at radius 3 is 2.40 bits per heavy atom. The normalized spacial score (nSPS) is 29.9. The Bertz CT molecular complexity index is 1290. The first kappa shape index (κ1) is 28.6. The zero-order chi connectivity index (χ0) is 28.8. The molecule has 1 aromatic heterocycles. The molecule has 0 radical (unpaired) electrons. The summed E-state index contributed by atoms with van der Waals surface area (Å²) in [6.45, 7) is 7.37. The van der Waals surface area contributed by atoms with Crippen LogP contribution in [-0.4, -0.2) is 81.6 Å². The Balaban J connectivity index is 1.45. The molecule has 0 unspecified atom stereocenters. The molecule has 3 amide bonds. The van der Waals surface area contributed by atoms with Crippen molar-refractivity contribution >= 4 is 34.2 Å². The predicted molar refractivity (Wildman–Crippen MR) is 148 cm³/mol. The van der Waals surface area contributed by atoms with Crippen LogP contribution in [0.5, 0.6) is 0 Å². The van der Waals surface area contributed by atoms with Gasteiger partial charge in [0, 0.05) is 61.3 Å². The minimum Gasteiger partial charge on any atom is -0.396 e. The number of halogens is 1. The van der Waals surface area contributed by atoms with E-state index in [1.807, 2.05) is 6.92 Å². The molecule has 9 nitrogen and oxygen atoms in total. The van der Waals surface area contributed by atoms with Crippen molar-refractivity contribution in [3.63, 3.8) is 0 Å². The maximum atomic E-state index is 13.7. The average Bonchev–Trinajstić information content (AvgIpc) is 3.34. The van der Waals surface area contributed by atoms with Crippen LogP contribution >= 0.6 is 11.3 Å². The molecule has 2 aliphatic carbocycles. The SMILES string of the molecule is CC(=O)N1CCN(C(=O)C[C@@H]2c3nc(NC(=O)c4ccc(F)cc4)sc3C[C@@H]3[C@](C)(CO)[C@H](O)CC[C@]32C)CC1. The number of fused-ring (bicyclic) bond motifs is 2. The molecule has 1 aromatic carbocycles. The summed E-state index contributed by atoms with van der Waals surface area (Å²) in [6, 6.07) is 5.28. The first-order valence-corrected chi connectivity index (χ1v) is 14.7. The molecular weight excluding hydrogens is 535 g/mol. The van der Waals surface area contributed by atoms with E-state index in [1.165, 1.54) is 42.5 Å². The standard InChI is InChI=1S/C29H37FN4O5S/c1-17(36)33-10-12-34(13-11-33)24(38)14-20-25-21(15-22-28(20,2)9-8-23(37)29(22,3)16-35)40-27(31-25)32-26(39)18-4-6-19(30)7-5-18/h4-7,20,22-23,35,37H,8-16H2,1-3H3,(H,31,32,39)/t20-,22+,23-,28+,29+/m1/s1. The van der Waals surface area contributed by atoms with Gasteiger partial charge in [0.2, 0.25) is 11.8 Å². The fourth-order valence-electron chi connectivity index (χ4n) is 7.04. The molecule has 1 saturated heterocycles. The molecule has 3 aliphatic rings. The lowest BCUT2D eigenvalue weighted by molar-refractivity contribution is -0.149. The molecular formula is C29H37FN4O5S. The van der Waals surface area contributed by atoms with Gasteiger partial charge in [0.05, 0.1) is 18.4 Å². The van der Waals surface area contributed by atoms with Gasteiger partial charge in [-0.3, -0.25) is 19.7 Å². The molecule has 2 heterocycles. The summed E-state index contributed by atoms with van der Waals surface area (Å²) in [7, 11) is 0. The number of amides is 3. The quantitative estimate of drug-likeness (QED) is 0.506. The van der Waals surface area contributed by atoms with Crippen LogP contribution in [0.4, 0.5) is 9.52 Å². The third kappa shape index (κ3) is 5.03. The van der Waals surface area contributed by atoms with Crippen LogP contribution in [0.1, 0.15) is 66.9 Å². The number of aromatic nitrogens is 1. The van der Waals surface area contributed by atoms with Crippen LogP contribution in [0, 0.1) is 22.6 Å². The summed E-state index contributed by atoms with van der Waals surface area (Å²) in [5.74, 6) is -1.22. The molecule has 1 aliphatic heterocycles. The van der Waals surface area contributed by atoms with Gasteiger partial charge in [0.15, 0.2) is 5.13 Å². The molecule has 3 N–H and O–H groups in total. The Kier molecular flexibility index (Phi) is 7.75. The largest absolute Gasteiger partial charge is 0.396 e. The van der Waals surface area contributed by atoms with Crippen LogP contribution in [0.15, 0.2) is 24.3 Å². The lowest BCUT2D eigenvalue weighted by atomic mass is 9.47. The minimum absolute atomic E-state index is 0.00103. The molecule has 0 bridgehead atoms. The molecule has 2 aromatic rings. The number of carbonyl (C=O) groups excluding carboxylic acids is 3. The molecule has 1 saturated carbocycles. The number of nitrogens with zero attached hydrogens (tertiary/aromatic N) is 3. The van der Waals surface area contributed by atoms with Crippen molar-refractivity contribution in [1.82, 2.24) is 14.8 Å². The summed E-state index contributed by atoms with van der Waals surface area (Å²) in [6.07, 6.45) is 1.32. The molecule has 11 heteroatoms. The van der Waals surface area contributed by atoms with Gasteiger partial charge in [0.1, 0.15) is 5.82 Å². The summed E-state index contributed by atoms with van der Waals surface area (Å²) in [4.78, 5) is 47.6. The van der Waals surface area contributed by atoms with Crippen LogP contribution in [0.25, 0.3) is 0 Å². The Morgan fingerprint density at radius 1 is 1.12 bits per heavy atom. The number of hydrogen-bond donors (Lipinski definition) is 3. The van der Waals surface area contributed by atoms with Crippen molar-refractivity contribution in [2.45, 2.75) is 58.5 Å². The molecule has 5 rings (SSSR count).